The second-order valence-corrected chi connectivity index (χ2v) is 7.01. The number of rotatable bonds is 8. The SMILES string of the molecule is CCNCC.C[C@@H](NC(c1ccccc1)(c1ccccc1)c1ccccc1)C(=O)O. The molecule has 3 N–H and O–H groups in total. The number of carbonyl (C=O) groups is 1. The summed E-state index contributed by atoms with van der Waals surface area (Å²) in [7, 11) is 0. The molecular weight excluding hydrogens is 372 g/mol. The van der Waals surface area contributed by atoms with E-state index < -0.39 is 17.6 Å². The summed E-state index contributed by atoms with van der Waals surface area (Å²) in [6.07, 6.45) is 0. The normalized spacial score (nSPS) is 11.8. The minimum absolute atomic E-state index is 0.722. The fraction of sp³-hybridized carbons (Fsp3) is 0.269. The number of benzene rings is 3. The van der Waals surface area contributed by atoms with E-state index >= 15 is 0 Å². The molecule has 4 heteroatoms. The number of nitrogens with one attached hydrogen (secondary N) is 2. The van der Waals surface area contributed by atoms with Crippen LogP contribution in [0.2, 0.25) is 0 Å². The predicted molar refractivity (Wildman–Crippen MR) is 124 cm³/mol. The second-order valence-electron chi connectivity index (χ2n) is 7.01. The van der Waals surface area contributed by atoms with Gasteiger partial charge in [0.15, 0.2) is 0 Å². The zero-order valence-electron chi connectivity index (χ0n) is 18.0. The van der Waals surface area contributed by atoms with E-state index in [9.17, 15) is 9.90 Å². The van der Waals surface area contributed by atoms with Crippen LogP contribution in [0.1, 0.15) is 37.5 Å². The smallest absolute Gasteiger partial charge is 0.320 e. The molecule has 3 aromatic carbocycles. The lowest BCUT2D eigenvalue weighted by Gasteiger charge is -2.38. The van der Waals surface area contributed by atoms with E-state index in [1.165, 1.54) is 0 Å². The second kappa shape index (κ2) is 11.9. The van der Waals surface area contributed by atoms with E-state index in [4.69, 9.17) is 0 Å². The Morgan fingerprint density at radius 1 is 0.767 bits per heavy atom. The minimum Gasteiger partial charge on any atom is -0.480 e. The molecule has 0 saturated heterocycles. The maximum absolute atomic E-state index is 11.6. The number of carboxylic acids is 1. The molecule has 30 heavy (non-hydrogen) atoms. The lowest BCUT2D eigenvalue weighted by atomic mass is 9.76. The number of hydrogen-bond acceptors (Lipinski definition) is 3. The van der Waals surface area contributed by atoms with E-state index in [-0.39, 0.29) is 0 Å². The highest BCUT2D eigenvalue weighted by atomic mass is 16.4. The van der Waals surface area contributed by atoms with Gasteiger partial charge in [-0.25, -0.2) is 0 Å². The average Bonchev–Trinajstić information content (AvgIpc) is 2.80. The Bertz CT molecular complexity index is 769. The fourth-order valence-corrected chi connectivity index (χ4v) is 3.45. The van der Waals surface area contributed by atoms with Gasteiger partial charge in [0, 0.05) is 0 Å². The summed E-state index contributed by atoms with van der Waals surface area (Å²) in [4.78, 5) is 11.6. The van der Waals surface area contributed by atoms with Crippen molar-refractivity contribution in [2.75, 3.05) is 13.1 Å². The van der Waals surface area contributed by atoms with Gasteiger partial charge in [-0.15, -0.1) is 0 Å². The van der Waals surface area contributed by atoms with Gasteiger partial charge in [-0.1, -0.05) is 105 Å². The van der Waals surface area contributed by atoms with Crippen LogP contribution in [0.15, 0.2) is 91.0 Å². The Labute approximate surface area is 180 Å². The first-order valence-corrected chi connectivity index (χ1v) is 10.4. The topological polar surface area (TPSA) is 61.4 Å². The third-order valence-electron chi connectivity index (χ3n) is 4.92. The van der Waals surface area contributed by atoms with Gasteiger partial charge in [0.1, 0.15) is 6.04 Å². The molecule has 0 aliphatic rings. The van der Waals surface area contributed by atoms with Crippen molar-refractivity contribution in [3.8, 4) is 0 Å². The van der Waals surface area contributed by atoms with Crippen LogP contribution < -0.4 is 10.6 Å². The van der Waals surface area contributed by atoms with Crippen LogP contribution in [0.5, 0.6) is 0 Å². The number of hydrogen-bond donors (Lipinski definition) is 3. The molecule has 0 saturated carbocycles. The third kappa shape index (κ3) is 5.78. The molecule has 0 aliphatic carbocycles. The molecule has 0 heterocycles. The quantitative estimate of drug-likeness (QED) is 0.478. The summed E-state index contributed by atoms with van der Waals surface area (Å²) in [5, 5.41) is 16.0. The van der Waals surface area contributed by atoms with Crippen LogP contribution in [0.4, 0.5) is 0 Å². The van der Waals surface area contributed by atoms with Gasteiger partial charge >= 0.3 is 5.97 Å². The van der Waals surface area contributed by atoms with E-state index in [2.05, 4.69) is 24.5 Å². The van der Waals surface area contributed by atoms with Crippen molar-refractivity contribution in [2.45, 2.75) is 32.4 Å². The van der Waals surface area contributed by atoms with E-state index in [0.717, 1.165) is 29.8 Å². The maximum Gasteiger partial charge on any atom is 0.320 e. The first-order valence-electron chi connectivity index (χ1n) is 10.4. The summed E-state index contributed by atoms with van der Waals surface area (Å²) < 4.78 is 0. The zero-order chi connectivity index (χ0) is 21.8. The monoisotopic (exact) mass is 404 g/mol. The van der Waals surface area contributed by atoms with Crippen molar-refractivity contribution >= 4 is 5.97 Å². The van der Waals surface area contributed by atoms with Crippen molar-refractivity contribution < 1.29 is 9.90 Å². The van der Waals surface area contributed by atoms with E-state index in [0.29, 0.717) is 0 Å². The zero-order valence-corrected chi connectivity index (χ0v) is 18.0. The Morgan fingerprint density at radius 2 is 1.10 bits per heavy atom. The van der Waals surface area contributed by atoms with Gasteiger partial charge in [-0.3, -0.25) is 10.1 Å². The lowest BCUT2D eigenvalue weighted by Crippen LogP contribution is -2.51. The van der Waals surface area contributed by atoms with Crippen LogP contribution in [-0.2, 0) is 10.3 Å². The Morgan fingerprint density at radius 3 is 1.33 bits per heavy atom. The summed E-state index contributed by atoms with van der Waals surface area (Å²) >= 11 is 0. The van der Waals surface area contributed by atoms with Crippen LogP contribution in [0.3, 0.4) is 0 Å². The van der Waals surface area contributed by atoms with Crippen molar-refractivity contribution in [2.24, 2.45) is 0 Å². The van der Waals surface area contributed by atoms with Crippen LogP contribution in [-0.4, -0.2) is 30.2 Å². The van der Waals surface area contributed by atoms with Crippen LogP contribution in [0.25, 0.3) is 0 Å². The average molecular weight is 405 g/mol. The molecule has 0 aromatic heterocycles. The molecule has 0 radical (unpaired) electrons. The summed E-state index contributed by atoms with van der Waals surface area (Å²) in [5.74, 6) is -0.882. The maximum atomic E-state index is 11.6. The fourth-order valence-electron chi connectivity index (χ4n) is 3.45. The van der Waals surface area contributed by atoms with Crippen LogP contribution >= 0.6 is 0 Å². The largest absolute Gasteiger partial charge is 0.480 e. The Balaban J connectivity index is 0.000000575. The van der Waals surface area contributed by atoms with Gasteiger partial charge in [0.05, 0.1) is 5.54 Å². The molecule has 1 atom stereocenters. The third-order valence-corrected chi connectivity index (χ3v) is 4.92. The molecule has 158 valence electrons. The highest BCUT2D eigenvalue weighted by Gasteiger charge is 2.38. The Hall–Kier alpha value is -2.95. The van der Waals surface area contributed by atoms with E-state index in [1.807, 2.05) is 91.0 Å². The van der Waals surface area contributed by atoms with Crippen molar-refractivity contribution in [1.29, 1.82) is 0 Å². The van der Waals surface area contributed by atoms with Gasteiger partial charge in [0.25, 0.3) is 0 Å². The summed E-state index contributed by atoms with van der Waals surface area (Å²) in [6.45, 7) is 8.06. The van der Waals surface area contributed by atoms with Crippen molar-refractivity contribution in [3.05, 3.63) is 108 Å². The first kappa shape index (κ1) is 23.3. The molecule has 4 nitrogen and oxygen atoms in total. The van der Waals surface area contributed by atoms with Gasteiger partial charge < -0.3 is 10.4 Å². The predicted octanol–water partition coefficient (Wildman–Crippen LogP) is 4.66. The van der Waals surface area contributed by atoms with Crippen molar-refractivity contribution in [1.82, 2.24) is 10.6 Å². The minimum atomic E-state index is -0.882. The molecule has 0 fully saturated rings. The van der Waals surface area contributed by atoms with Crippen molar-refractivity contribution in [3.63, 3.8) is 0 Å². The molecule has 0 bridgehead atoms. The standard InChI is InChI=1S/C22H21NO2.C4H11N/c1-17(21(24)25)23-22(18-11-5-2-6-12-18,19-13-7-3-8-14-19)20-15-9-4-10-16-20;1-3-5-4-2/h2-17,23H,1H3,(H,24,25);5H,3-4H2,1-2H3/t17-;/m1./s1. The van der Waals surface area contributed by atoms with Gasteiger partial charge in [0.2, 0.25) is 0 Å². The first-order chi connectivity index (χ1) is 14.6. The van der Waals surface area contributed by atoms with E-state index in [1.54, 1.807) is 6.92 Å². The molecule has 0 unspecified atom stereocenters. The molecular formula is C26H32N2O2. The molecule has 0 amide bonds. The Kier molecular flexibility index (Phi) is 9.26. The summed E-state index contributed by atoms with van der Waals surface area (Å²) in [6, 6.07) is 29.2. The lowest BCUT2D eigenvalue weighted by molar-refractivity contribution is -0.139. The number of aliphatic carboxylic acids is 1. The molecule has 3 aromatic rings. The number of carboxylic acid groups (broad SMARTS) is 1. The molecule has 3 rings (SSSR count). The van der Waals surface area contributed by atoms with Gasteiger partial charge in [-0.05, 0) is 36.7 Å². The highest BCUT2D eigenvalue weighted by Crippen LogP contribution is 2.37. The summed E-state index contributed by atoms with van der Waals surface area (Å²) in [5.41, 5.74) is 2.25. The van der Waals surface area contributed by atoms with Crippen LogP contribution in [0, 0.1) is 0 Å². The highest BCUT2D eigenvalue weighted by molar-refractivity contribution is 5.73. The molecule has 0 spiro atoms. The molecule has 0 aliphatic heterocycles. The van der Waals surface area contributed by atoms with Gasteiger partial charge in [-0.2, -0.15) is 0 Å².